The molecule has 0 saturated carbocycles. The maximum Gasteiger partial charge on any atom is 0.311 e. The number of pyridine rings is 1. The van der Waals surface area contributed by atoms with Gasteiger partial charge >= 0.3 is 5.69 Å². The third-order valence-electron chi connectivity index (χ3n) is 2.48. The van der Waals surface area contributed by atoms with Gasteiger partial charge in [-0.15, -0.1) is 0 Å². The van der Waals surface area contributed by atoms with Gasteiger partial charge in [0, 0.05) is 11.6 Å². The lowest BCUT2D eigenvalue weighted by Gasteiger charge is -2.06. The van der Waals surface area contributed by atoms with E-state index in [1.165, 1.54) is 18.2 Å². The van der Waals surface area contributed by atoms with E-state index in [0.717, 1.165) is 6.07 Å². The number of carbonyl (C=O) groups excluding carboxylic acids is 1. The van der Waals surface area contributed by atoms with Crippen molar-refractivity contribution in [3.05, 3.63) is 54.7 Å². The lowest BCUT2D eigenvalue weighted by Crippen LogP contribution is -2.14. The van der Waals surface area contributed by atoms with E-state index >= 15 is 0 Å². The molecule has 0 aliphatic carbocycles. The minimum atomic E-state index is -0.676. The van der Waals surface area contributed by atoms with Gasteiger partial charge in [0.25, 0.3) is 5.91 Å². The summed E-state index contributed by atoms with van der Waals surface area (Å²) in [6, 6.07) is 6.69. The van der Waals surface area contributed by atoms with E-state index in [4.69, 9.17) is 11.6 Å². The molecule has 2 aromatic rings. The van der Waals surface area contributed by atoms with Crippen molar-refractivity contribution < 1.29 is 14.8 Å². The number of amides is 1. The number of rotatable bonds is 3. The predicted molar refractivity (Wildman–Crippen MR) is 84.7 cm³/mol. The van der Waals surface area contributed by atoms with Crippen LogP contribution in [0.2, 0.25) is 5.15 Å². The quantitative estimate of drug-likeness (QED) is 0.344. The molecule has 9 heteroatoms. The van der Waals surface area contributed by atoms with Crippen molar-refractivity contribution in [2.24, 2.45) is 0 Å². The number of benzene rings is 1. The molecule has 0 atom stereocenters. The molecular formula is C12H7ClIN3O4. The average Bonchev–Trinajstić information content (AvgIpc) is 2.41. The van der Waals surface area contributed by atoms with Crippen molar-refractivity contribution in [3.8, 4) is 5.75 Å². The molecule has 0 fully saturated rings. The van der Waals surface area contributed by atoms with Crippen LogP contribution in [0.3, 0.4) is 0 Å². The first-order valence-corrected chi connectivity index (χ1v) is 6.95. The molecule has 108 valence electrons. The molecule has 1 aromatic heterocycles. The number of nitrogens with one attached hydrogen (secondary N) is 1. The molecule has 1 amide bonds. The van der Waals surface area contributed by atoms with Crippen LogP contribution in [0, 0.1) is 13.7 Å². The van der Waals surface area contributed by atoms with Gasteiger partial charge in [0.1, 0.15) is 10.9 Å². The van der Waals surface area contributed by atoms with Gasteiger partial charge in [-0.25, -0.2) is 4.98 Å². The molecule has 0 spiro atoms. The summed E-state index contributed by atoms with van der Waals surface area (Å²) in [5, 5.41) is 22.8. The summed E-state index contributed by atoms with van der Waals surface area (Å²) in [5.41, 5.74) is -0.230. The van der Waals surface area contributed by atoms with Gasteiger partial charge in [-0.2, -0.15) is 0 Å². The van der Waals surface area contributed by atoms with E-state index in [1.54, 1.807) is 6.07 Å². The Morgan fingerprint density at radius 1 is 1.38 bits per heavy atom. The standard InChI is InChI=1S/C12H7ClIN3O4/c13-10-4-3-8(17(20)21)11(15-10)16-12(19)6-1-2-7(14)9(18)5-6/h1-5,18H,(H,15,16,19). The number of hydrogen-bond donors (Lipinski definition) is 2. The van der Waals surface area contributed by atoms with Crippen LogP contribution >= 0.6 is 34.2 Å². The number of carbonyl (C=O) groups is 1. The maximum absolute atomic E-state index is 12.0. The van der Waals surface area contributed by atoms with Gasteiger partial charge in [-0.3, -0.25) is 14.9 Å². The van der Waals surface area contributed by atoms with Crippen molar-refractivity contribution >= 4 is 51.6 Å². The average molecular weight is 420 g/mol. The van der Waals surface area contributed by atoms with E-state index in [0.29, 0.717) is 3.57 Å². The summed E-state index contributed by atoms with van der Waals surface area (Å²) in [5.74, 6) is -0.952. The fourth-order valence-corrected chi connectivity index (χ4v) is 1.98. The van der Waals surface area contributed by atoms with Crippen molar-refractivity contribution in [3.63, 3.8) is 0 Å². The van der Waals surface area contributed by atoms with Gasteiger partial charge < -0.3 is 10.4 Å². The monoisotopic (exact) mass is 419 g/mol. The largest absolute Gasteiger partial charge is 0.507 e. The second-order valence-electron chi connectivity index (χ2n) is 3.88. The Kier molecular flexibility index (Phi) is 4.58. The topological polar surface area (TPSA) is 105 Å². The molecule has 0 unspecified atom stereocenters. The Hall–Kier alpha value is -1.94. The van der Waals surface area contributed by atoms with Crippen LogP contribution in [-0.4, -0.2) is 20.9 Å². The third kappa shape index (κ3) is 3.58. The van der Waals surface area contributed by atoms with Gasteiger partial charge in [0.2, 0.25) is 5.82 Å². The maximum atomic E-state index is 12.0. The van der Waals surface area contributed by atoms with Gasteiger partial charge in [-0.1, -0.05) is 11.6 Å². The minimum Gasteiger partial charge on any atom is -0.507 e. The Morgan fingerprint density at radius 3 is 2.71 bits per heavy atom. The van der Waals surface area contributed by atoms with Gasteiger partial charge in [-0.05, 0) is 46.9 Å². The Morgan fingerprint density at radius 2 is 2.10 bits per heavy atom. The number of phenols is 1. The molecular weight excluding hydrogens is 413 g/mol. The van der Waals surface area contributed by atoms with Gasteiger partial charge in [0.05, 0.1) is 8.49 Å². The Labute approximate surface area is 137 Å². The molecule has 0 bridgehead atoms. The molecule has 0 aliphatic heterocycles. The second kappa shape index (κ2) is 6.22. The van der Waals surface area contributed by atoms with Crippen LogP contribution in [0.1, 0.15) is 10.4 Å². The summed E-state index contributed by atoms with van der Waals surface area (Å²) in [6.45, 7) is 0. The smallest absolute Gasteiger partial charge is 0.311 e. The van der Waals surface area contributed by atoms with E-state index < -0.39 is 10.8 Å². The molecule has 2 rings (SSSR count). The van der Waals surface area contributed by atoms with Crippen LogP contribution in [0.4, 0.5) is 11.5 Å². The van der Waals surface area contributed by atoms with Crippen LogP contribution < -0.4 is 5.32 Å². The molecule has 0 radical (unpaired) electrons. The number of hydrogen-bond acceptors (Lipinski definition) is 5. The summed E-state index contributed by atoms with van der Waals surface area (Å²) in [6.07, 6.45) is 0. The van der Waals surface area contributed by atoms with Crippen molar-refractivity contribution in [1.29, 1.82) is 0 Å². The highest BCUT2D eigenvalue weighted by Gasteiger charge is 2.19. The Balaban J connectivity index is 2.33. The molecule has 21 heavy (non-hydrogen) atoms. The number of nitrogens with zero attached hydrogens (tertiary/aromatic N) is 2. The lowest BCUT2D eigenvalue weighted by molar-refractivity contribution is -0.384. The van der Waals surface area contributed by atoms with E-state index in [9.17, 15) is 20.0 Å². The minimum absolute atomic E-state index is 0.0151. The number of aromatic nitrogens is 1. The fourth-order valence-electron chi connectivity index (χ4n) is 1.50. The van der Waals surface area contributed by atoms with Crippen LogP contribution in [0.25, 0.3) is 0 Å². The van der Waals surface area contributed by atoms with Gasteiger partial charge in [0.15, 0.2) is 0 Å². The SMILES string of the molecule is O=C(Nc1nc(Cl)ccc1[N+](=O)[O-])c1ccc(I)c(O)c1. The predicted octanol–water partition coefficient (Wildman–Crippen LogP) is 3.21. The van der Waals surface area contributed by atoms with Crippen molar-refractivity contribution in [2.45, 2.75) is 0 Å². The highest BCUT2D eigenvalue weighted by atomic mass is 127. The molecule has 0 aliphatic rings. The molecule has 7 nitrogen and oxygen atoms in total. The summed E-state index contributed by atoms with van der Waals surface area (Å²) in [7, 11) is 0. The molecule has 1 heterocycles. The van der Waals surface area contributed by atoms with Crippen molar-refractivity contribution in [1.82, 2.24) is 4.98 Å². The Bertz CT molecular complexity index is 738. The fraction of sp³-hybridized carbons (Fsp3) is 0. The third-order valence-corrected chi connectivity index (χ3v) is 3.60. The number of phenolic OH excluding ortho intramolecular Hbond substituents is 1. The first-order chi connectivity index (χ1) is 9.88. The second-order valence-corrected chi connectivity index (χ2v) is 5.43. The van der Waals surface area contributed by atoms with E-state index in [2.05, 4.69) is 10.3 Å². The first-order valence-electron chi connectivity index (χ1n) is 5.49. The number of aromatic hydroxyl groups is 1. The van der Waals surface area contributed by atoms with Crippen LogP contribution in [0.15, 0.2) is 30.3 Å². The zero-order valence-corrected chi connectivity index (χ0v) is 13.1. The summed E-state index contributed by atoms with van der Waals surface area (Å²) in [4.78, 5) is 26.0. The van der Waals surface area contributed by atoms with Crippen molar-refractivity contribution in [2.75, 3.05) is 5.32 Å². The molecule has 2 N–H and O–H groups in total. The zero-order valence-electron chi connectivity index (χ0n) is 10.2. The summed E-state index contributed by atoms with van der Waals surface area (Å²) >= 11 is 7.58. The lowest BCUT2D eigenvalue weighted by atomic mass is 10.2. The summed E-state index contributed by atoms with van der Waals surface area (Å²) < 4.78 is 0.580. The first kappa shape index (κ1) is 15.4. The highest BCUT2D eigenvalue weighted by molar-refractivity contribution is 14.1. The number of anilines is 1. The normalized spacial score (nSPS) is 10.2. The molecule has 0 saturated heterocycles. The van der Waals surface area contributed by atoms with E-state index in [1.807, 2.05) is 22.6 Å². The number of nitro groups is 1. The van der Waals surface area contributed by atoms with E-state index in [-0.39, 0.29) is 28.0 Å². The van der Waals surface area contributed by atoms with Crippen LogP contribution in [-0.2, 0) is 0 Å². The highest BCUT2D eigenvalue weighted by Crippen LogP contribution is 2.25. The number of halogens is 2. The zero-order chi connectivity index (χ0) is 15.6. The molecule has 1 aromatic carbocycles. The van der Waals surface area contributed by atoms with Crippen LogP contribution in [0.5, 0.6) is 5.75 Å².